The number of carboxylic acid groups (broad SMARTS) is 1. The summed E-state index contributed by atoms with van der Waals surface area (Å²) in [5, 5.41) is 17.9. The second kappa shape index (κ2) is 6.41. The number of aryl methyl sites for hydroxylation is 1. The van der Waals surface area contributed by atoms with Crippen molar-refractivity contribution in [1.29, 1.82) is 0 Å². The monoisotopic (exact) mass is 283 g/mol. The van der Waals surface area contributed by atoms with Crippen molar-refractivity contribution in [3.63, 3.8) is 0 Å². The molecule has 1 aliphatic rings. The van der Waals surface area contributed by atoms with Gasteiger partial charge in [0.05, 0.1) is 5.75 Å². The van der Waals surface area contributed by atoms with E-state index in [4.69, 9.17) is 5.11 Å². The Morgan fingerprint density at radius 3 is 2.74 bits per heavy atom. The van der Waals surface area contributed by atoms with Crippen LogP contribution >= 0.6 is 11.8 Å². The molecule has 2 rings (SSSR count). The molecule has 19 heavy (non-hydrogen) atoms. The molecule has 0 amide bonds. The van der Waals surface area contributed by atoms with E-state index in [1.54, 1.807) is 0 Å². The van der Waals surface area contributed by atoms with Crippen molar-refractivity contribution in [2.45, 2.75) is 57.1 Å². The Labute approximate surface area is 117 Å². The molecule has 0 bridgehead atoms. The summed E-state index contributed by atoms with van der Waals surface area (Å²) in [6.07, 6.45) is 5.71. The molecule has 1 atom stereocenters. The van der Waals surface area contributed by atoms with Crippen LogP contribution in [0, 0.1) is 5.92 Å². The number of aliphatic carboxylic acids is 1. The van der Waals surface area contributed by atoms with Crippen LogP contribution in [0.25, 0.3) is 0 Å². The van der Waals surface area contributed by atoms with E-state index < -0.39 is 5.97 Å². The number of thioether (sulfide) groups is 1. The molecule has 1 unspecified atom stereocenters. The van der Waals surface area contributed by atoms with Gasteiger partial charge >= 0.3 is 5.97 Å². The van der Waals surface area contributed by atoms with Crippen LogP contribution in [-0.2, 0) is 11.2 Å². The van der Waals surface area contributed by atoms with E-state index in [2.05, 4.69) is 28.6 Å². The molecule has 106 valence electrons. The lowest BCUT2D eigenvalue weighted by Gasteiger charge is -2.20. The Balaban J connectivity index is 2.17. The number of aromatic nitrogens is 3. The van der Waals surface area contributed by atoms with Crippen LogP contribution in [-0.4, -0.2) is 31.6 Å². The van der Waals surface area contributed by atoms with Crippen molar-refractivity contribution in [1.82, 2.24) is 14.8 Å². The van der Waals surface area contributed by atoms with E-state index in [-0.39, 0.29) is 5.75 Å². The maximum atomic E-state index is 10.7. The summed E-state index contributed by atoms with van der Waals surface area (Å²) in [7, 11) is 0. The largest absolute Gasteiger partial charge is 0.481 e. The summed E-state index contributed by atoms with van der Waals surface area (Å²) in [6, 6.07) is 0.411. The molecule has 0 spiro atoms. The summed E-state index contributed by atoms with van der Waals surface area (Å²) in [5.74, 6) is 1.05. The van der Waals surface area contributed by atoms with Gasteiger partial charge in [-0.15, -0.1) is 10.2 Å². The number of hydrogen-bond acceptors (Lipinski definition) is 4. The van der Waals surface area contributed by atoms with Crippen LogP contribution in [0.5, 0.6) is 0 Å². The highest BCUT2D eigenvalue weighted by molar-refractivity contribution is 7.99. The fourth-order valence-electron chi connectivity index (χ4n) is 2.33. The summed E-state index contributed by atoms with van der Waals surface area (Å²) < 4.78 is 2.17. The van der Waals surface area contributed by atoms with Crippen molar-refractivity contribution in [3.05, 3.63) is 5.82 Å². The molecule has 5 nitrogen and oxygen atoms in total. The van der Waals surface area contributed by atoms with Gasteiger partial charge in [-0.3, -0.25) is 4.79 Å². The molecule has 1 aromatic heterocycles. The van der Waals surface area contributed by atoms with Gasteiger partial charge in [0.2, 0.25) is 0 Å². The molecule has 0 aliphatic heterocycles. The summed E-state index contributed by atoms with van der Waals surface area (Å²) in [4.78, 5) is 10.7. The molecule has 1 aliphatic carbocycles. The minimum absolute atomic E-state index is 0.0434. The van der Waals surface area contributed by atoms with E-state index in [0.717, 1.165) is 29.7 Å². The Kier molecular flexibility index (Phi) is 4.85. The Bertz CT molecular complexity index is 443. The molecule has 0 radical (unpaired) electrons. The average Bonchev–Trinajstić information content (AvgIpc) is 3.12. The van der Waals surface area contributed by atoms with E-state index in [1.165, 1.54) is 31.0 Å². The van der Waals surface area contributed by atoms with Crippen LogP contribution in [0.4, 0.5) is 0 Å². The van der Waals surface area contributed by atoms with Crippen molar-refractivity contribution in [2.75, 3.05) is 5.75 Å². The lowest BCUT2D eigenvalue weighted by molar-refractivity contribution is -0.133. The van der Waals surface area contributed by atoms with Gasteiger partial charge in [0.15, 0.2) is 5.16 Å². The fraction of sp³-hybridized carbons (Fsp3) is 0.769. The Morgan fingerprint density at radius 2 is 2.21 bits per heavy atom. The van der Waals surface area contributed by atoms with Crippen molar-refractivity contribution < 1.29 is 9.90 Å². The number of rotatable bonds is 8. The van der Waals surface area contributed by atoms with Crippen LogP contribution in [0.1, 0.15) is 51.4 Å². The number of hydrogen-bond donors (Lipinski definition) is 1. The number of nitrogens with zero attached hydrogens (tertiary/aromatic N) is 3. The second-order valence-corrected chi connectivity index (χ2v) is 5.99. The van der Waals surface area contributed by atoms with Crippen LogP contribution < -0.4 is 0 Å². The zero-order valence-electron chi connectivity index (χ0n) is 11.5. The third-order valence-electron chi connectivity index (χ3n) is 3.51. The first-order chi connectivity index (χ1) is 9.15. The highest BCUT2D eigenvalue weighted by atomic mass is 32.2. The van der Waals surface area contributed by atoms with E-state index in [0.29, 0.717) is 6.04 Å². The van der Waals surface area contributed by atoms with Crippen LogP contribution in [0.15, 0.2) is 5.16 Å². The third kappa shape index (κ3) is 3.72. The maximum Gasteiger partial charge on any atom is 0.313 e. The van der Waals surface area contributed by atoms with Crippen LogP contribution in [0.3, 0.4) is 0 Å². The molecule has 1 aromatic rings. The normalized spacial score (nSPS) is 16.5. The number of carbonyl (C=O) groups is 1. The Hall–Kier alpha value is -1.04. The quantitative estimate of drug-likeness (QED) is 0.743. The summed E-state index contributed by atoms with van der Waals surface area (Å²) in [6.45, 7) is 4.24. The first kappa shape index (κ1) is 14.4. The molecule has 1 fully saturated rings. The smallest absolute Gasteiger partial charge is 0.313 e. The van der Waals surface area contributed by atoms with Crippen molar-refractivity contribution >= 4 is 17.7 Å². The first-order valence-electron chi connectivity index (χ1n) is 6.94. The highest BCUT2D eigenvalue weighted by Crippen LogP contribution is 2.39. The fourth-order valence-corrected chi connectivity index (χ4v) is 3.08. The molecular formula is C13H21N3O2S. The van der Waals surface area contributed by atoms with Gasteiger partial charge in [0.1, 0.15) is 5.82 Å². The molecule has 6 heteroatoms. The van der Waals surface area contributed by atoms with Gasteiger partial charge in [0, 0.05) is 12.5 Å². The highest BCUT2D eigenvalue weighted by Gasteiger charge is 2.28. The molecule has 0 saturated heterocycles. The predicted octanol–water partition coefficient (Wildman–Crippen LogP) is 2.77. The van der Waals surface area contributed by atoms with E-state index in [1.807, 2.05) is 0 Å². The van der Waals surface area contributed by atoms with Gasteiger partial charge in [-0.05, 0) is 18.8 Å². The molecule has 0 aromatic carbocycles. The van der Waals surface area contributed by atoms with Gasteiger partial charge in [-0.25, -0.2) is 0 Å². The first-order valence-corrected chi connectivity index (χ1v) is 7.92. The van der Waals surface area contributed by atoms with Crippen molar-refractivity contribution in [2.24, 2.45) is 5.92 Å². The average molecular weight is 283 g/mol. The summed E-state index contributed by atoms with van der Waals surface area (Å²) in [5.41, 5.74) is 0. The minimum Gasteiger partial charge on any atom is -0.481 e. The van der Waals surface area contributed by atoms with Crippen molar-refractivity contribution in [3.8, 4) is 0 Å². The van der Waals surface area contributed by atoms with Gasteiger partial charge in [-0.1, -0.05) is 38.5 Å². The zero-order valence-corrected chi connectivity index (χ0v) is 12.3. The lowest BCUT2D eigenvalue weighted by Crippen LogP contribution is -2.14. The van der Waals surface area contributed by atoms with Crippen LogP contribution in [0.2, 0.25) is 0 Å². The second-order valence-electron chi connectivity index (χ2n) is 5.05. The number of carboxylic acids is 1. The lowest BCUT2D eigenvalue weighted by atomic mass is 10.1. The van der Waals surface area contributed by atoms with Gasteiger partial charge in [-0.2, -0.15) is 0 Å². The molecule has 1 saturated carbocycles. The maximum absolute atomic E-state index is 10.7. The predicted molar refractivity (Wildman–Crippen MR) is 74.4 cm³/mol. The molecule has 1 heterocycles. The summed E-state index contributed by atoms with van der Waals surface area (Å²) >= 11 is 1.27. The SMILES string of the molecule is CCc1nnc(SCC(=O)O)n1C(CC)CC1CC1. The van der Waals surface area contributed by atoms with Gasteiger partial charge in [0.25, 0.3) is 0 Å². The standard InChI is InChI=1S/C13H21N3O2S/c1-3-10(7-9-5-6-9)16-11(4-2)14-15-13(16)19-8-12(17)18/h9-10H,3-8H2,1-2H3,(H,17,18). The van der Waals surface area contributed by atoms with E-state index in [9.17, 15) is 4.79 Å². The minimum atomic E-state index is -0.812. The van der Waals surface area contributed by atoms with Gasteiger partial charge < -0.3 is 9.67 Å². The topological polar surface area (TPSA) is 68.0 Å². The Morgan fingerprint density at radius 1 is 1.47 bits per heavy atom. The molecular weight excluding hydrogens is 262 g/mol. The molecule has 1 N–H and O–H groups in total. The third-order valence-corrected chi connectivity index (χ3v) is 4.44. The van der Waals surface area contributed by atoms with E-state index >= 15 is 0 Å². The zero-order chi connectivity index (χ0) is 13.8.